The van der Waals surface area contributed by atoms with E-state index in [4.69, 9.17) is 10.5 Å². The molecule has 3 nitrogen and oxygen atoms in total. The Morgan fingerprint density at radius 2 is 2.00 bits per heavy atom. The van der Waals surface area contributed by atoms with Gasteiger partial charge in [0.15, 0.2) is 0 Å². The van der Waals surface area contributed by atoms with Crippen LogP contribution in [-0.4, -0.2) is 30.2 Å². The number of fused-ring (bicyclic) bond motifs is 2. The first kappa shape index (κ1) is 12.1. The van der Waals surface area contributed by atoms with Crippen molar-refractivity contribution in [3.63, 3.8) is 0 Å². The summed E-state index contributed by atoms with van der Waals surface area (Å²) in [6.07, 6.45) is 3.16. The minimum absolute atomic E-state index is 0.205. The van der Waals surface area contributed by atoms with Crippen LogP contribution in [0.2, 0.25) is 0 Å². The topological polar surface area (TPSA) is 38.5 Å². The summed E-state index contributed by atoms with van der Waals surface area (Å²) in [5, 5.41) is 0. The van der Waals surface area contributed by atoms with Crippen molar-refractivity contribution in [1.82, 2.24) is 4.90 Å². The Morgan fingerprint density at radius 3 is 2.67 bits per heavy atom. The zero-order valence-corrected chi connectivity index (χ0v) is 10.4. The van der Waals surface area contributed by atoms with Crippen LogP contribution in [0.15, 0.2) is 18.2 Å². The molecule has 1 aromatic rings. The van der Waals surface area contributed by atoms with Gasteiger partial charge in [0.2, 0.25) is 0 Å². The molecule has 2 aliphatic rings. The molecule has 0 saturated carbocycles. The zero-order chi connectivity index (χ0) is 12.5. The maximum absolute atomic E-state index is 13.4. The minimum atomic E-state index is -0.205. The standard InChI is InChI=1S/C14H19FN2O/c15-14-4-1-10(5-11(14)6-16)7-17-8-12-2-3-13(9-17)18-12/h1,4-5,12-13H,2-3,6-9,16H2. The normalized spacial score (nSPS) is 27.7. The molecule has 2 saturated heterocycles. The fraction of sp³-hybridized carbons (Fsp3) is 0.571. The molecule has 0 aliphatic carbocycles. The predicted octanol–water partition coefficient (Wildman–Crippen LogP) is 1.65. The third-order valence-electron chi connectivity index (χ3n) is 3.86. The summed E-state index contributed by atoms with van der Waals surface area (Å²) >= 11 is 0. The first-order valence-electron chi connectivity index (χ1n) is 6.60. The Labute approximate surface area is 107 Å². The van der Waals surface area contributed by atoms with E-state index in [-0.39, 0.29) is 12.4 Å². The summed E-state index contributed by atoms with van der Waals surface area (Å²) in [5.74, 6) is -0.205. The third-order valence-corrected chi connectivity index (χ3v) is 3.86. The van der Waals surface area contributed by atoms with Gasteiger partial charge in [0.05, 0.1) is 12.2 Å². The van der Waals surface area contributed by atoms with Crippen molar-refractivity contribution < 1.29 is 9.13 Å². The van der Waals surface area contributed by atoms with Gasteiger partial charge in [-0.2, -0.15) is 0 Å². The Bertz CT molecular complexity index is 426. The molecule has 2 atom stereocenters. The largest absolute Gasteiger partial charge is 0.372 e. The van der Waals surface area contributed by atoms with Crippen LogP contribution in [0.3, 0.4) is 0 Å². The molecular weight excluding hydrogens is 231 g/mol. The molecule has 2 bridgehead atoms. The van der Waals surface area contributed by atoms with Crippen molar-refractivity contribution in [3.8, 4) is 0 Å². The number of halogens is 1. The molecule has 2 heterocycles. The van der Waals surface area contributed by atoms with Gasteiger partial charge < -0.3 is 10.5 Å². The zero-order valence-electron chi connectivity index (χ0n) is 10.4. The summed E-state index contributed by atoms with van der Waals surface area (Å²) < 4.78 is 19.2. The quantitative estimate of drug-likeness (QED) is 0.886. The van der Waals surface area contributed by atoms with Gasteiger partial charge in [-0.15, -0.1) is 0 Å². The predicted molar refractivity (Wildman–Crippen MR) is 67.5 cm³/mol. The smallest absolute Gasteiger partial charge is 0.127 e. The summed E-state index contributed by atoms with van der Waals surface area (Å²) in [5.41, 5.74) is 7.27. The maximum Gasteiger partial charge on any atom is 0.127 e. The maximum atomic E-state index is 13.4. The van der Waals surface area contributed by atoms with Gasteiger partial charge in [0.1, 0.15) is 5.82 Å². The van der Waals surface area contributed by atoms with E-state index in [9.17, 15) is 4.39 Å². The molecule has 0 spiro atoms. The number of hydrogen-bond acceptors (Lipinski definition) is 3. The summed E-state index contributed by atoms with van der Waals surface area (Å²) in [4.78, 5) is 2.40. The summed E-state index contributed by atoms with van der Waals surface area (Å²) in [6.45, 7) is 3.11. The third kappa shape index (κ3) is 2.41. The highest BCUT2D eigenvalue weighted by molar-refractivity contribution is 5.25. The molecule has 1 aromatic carbocycles. The Hall–Kier alpha value is -0.970. The lowest BCUT2D eigenvalue weighted by atomic mass is 10.1. The van der Waals surface area contributed by atoms with Crippen molar-refractivity contribution in [2.75, 3.05) is 13.1 Å². The Balaban J connectivity index is 1.69. The summed E-state index contributed by atoms with van der Waals surface area (Å²) in [6, 6.07) is 5.26. The lowest BCUT2D eigenvalue weighted by Gasteiger charge is -2.32. The molecular formula is C14H19FN2O. The molecule has 2 fully saturated rings. The van der Waals surface area contributed by atoms with E-state index in [0.29, 0.717) is 17.8 Å². The second-order valence-electron chi connectivity index (χ2n) is 5.28. The fourth-order valence-electron chi connectivity index (χ4n) is 2.97. The van der Waals surface area contributed by atoms with Crippen molar-refractivity contribution >= 4 is 0 Å². The number of hydrogen-bond donors (Lipinski definition) is 1. The monoisotopic (exact) mass is 250 g/mol. The van der Waals surface area contributed by atoms with E-state index < -0.39 is 0 Å². The van der Waals surface area contributed by atoms with Crippen LogP contribution in [0.1, 0.15) is 24.0 Å². The lowest BCUT2D eigenvalue weighted by molar-refractivity contribution is -0.0410. The van der Waals surface area contributed by atoms with E-state index >= 15 is 0 Å². The Morgan fingerprint density at radius 1 is 1.28 bits per heavy atom. The van der Waals surface area contributed by atoms with Crippen LogP contribution in [0.5, 0.6) is 0 Å². The van der Waals surface area contributed by atoms with Gasteiger partial charge in [-0.05, 0) is 24.5 Å². The number of morpholine rings is 1. The van der Waals surface area contributed by atoms with Gasteiger partial charge in [0.25, 0.3) is 0 Å². The van der Waals surface area contributed by atoms with E-state index in [1.54, 1.807) is 0 Å². The highest BCUT2D eigenvalue weighted by Gasteiger charge is 2.33. The first-order valence-corrected chi connectivity index (χ1v) is 6.60. The molecule has 2 unspecified atom stereocenters. The molecule has 0 radical (unpaired) electrons. The molecule has 3 rings (SSSR count). The average Bonchev–Trinajstić information content (AvgIpc) is 2.71. The van der Waals surface area contributed by atoms with Crippen molar-refractivity contribution in [2.24, 2.45) is 5.73 Å². The summed E-state index contributed by atoms with van der Waals surface area (Å²) in [7, 11) is 0. The van der Waals surface area contributed by atoms with E-state index in [0.717, 1.165) is 25.2 Å². The van der Waals surface area contributed by atoms with Gasteiger partial charge in [-0.3, -0.25) is 4.90 Å². The molecule has 4 heteroatoms. The number of ether oxygens (including phenoxy) is 1. The number of nitrogens with zero attached hydrogens (tertiary/aromatic N) is 1. The second kappa shape index (κ2) is 4.96. The molecule has 2 N–H and O–H groups in total. The van der Waals surface area contributed by atoms with Gasteiger partial charge in [-0.25, -0.2) is 4.39 Å². The van der Waals surface area contributed by atoms with Gasteiger partial charge >= 0.3 is 0 Å². The van der Waals surface area contributed by atoms with Crippen LogP contribution in [0.25, 0.3) is 0 Å². The first-order chi connectivity index (χ1) is 8.74. The van der Waals surface area contributed by atoms with Crippen molar-refractivity contribution in [1.29, 1.82) is 0 Å². The second-order valence-corrected chi connectivity index (χ2v) is 5.28. The number of likely N-dealkylation sites (tertiary alicyclic amines) is 1. The van der Waals surface area contributed by atoms with E-state index in [1.165, 1.54) is 18.9 Å². The van der Waals surface area contributed by atoms with Gasteiger partial charge in [0, 0.05) is 31.7 Å². The van der Waals surface area contributed by atoms with E-state index in [1.807, 2.05) is 12.1 Å². The van der Waals surface area contributed by atoms with Crippen LogP contribution < -0.4 is 5.73 Å². The minimum Gasteiger partial charge on any atom is -0.372 e. The molecule has 98 valence electrons. The highest BCUT2D eigenvalue weighted by atomic mass is 19.1. The number of benzene rings is 1. The molecule has 0 aromatic heterocycles. The molecule has 2 aliphatic heterocycles. The van der Waals surface area contributed by atoms with Gasteiger partial charge in [-0.1, -0.05) is 12.1 Å². The Kier molecular flexibility index (Phi) is 3.33. The van der Waals surface area contributed by atoms with Crippen LogP contribution in [0, 0.1) is 5.82 Å². The highest BCUT2D eigenvalue weighted by Crippen LogP contribution is 2.27. The van der Waals surface area contributed by atoms with Crippen LogP contribution in [-0.2, 0) is 17.8 Å². The number of rotatable bonds is 3. The SMILES string of the molecule is NCc1cc(CN2CC3CCC(C2)O3)ccc1F. The van der Waals surface area contributed by atoms with Crippen LogP contribution in [0.4, 0.5) is 4.39 Å². The fourth-order valence-corrected chi connectivity index (χ4v) is 2.97. The van der Waals surface area contributed by atoms with Crippen molar-refractivity contribution in [2.45, 2.75) is 38.1 Å². The van der Waals surface area contributed by atoms with Crippen LogP contribution >= 0.6 is 0 Å². The van der Waals surface area contributed by atoms with Crippen molar-refractivity contribution in [3.05, 3.63) is 35.1 Å². The molecule has 0 amide bonds. The lowest BCUT2D eigenvalue weighted by Crippen LogP contribution is -2.41. The average molecular weight is 250 g/mol. The number of nitrogens with two attached hydrogens (primary N) is 1. The van der Waals surface area contributed by atoms with E-state index in [2.05, 4.69) is 4.90 Å². The molecule has 18 heavy (non-hydrogen) atoms.